The summed E-state index contributed by atoms with van der Waals surface area (Å²) in [5.41, 5.74) is 1.14. The topological polar surface area (TPSA) is 89.2 Å². The van der Waals surface area contributed by atoms with Gasteiger partial charge in [-0.3, -0.25) is 9.59 Å². The first-order valence-corrected chi connectivity index (χ1v) is 11.3. The minimum absolute atomic E-state index is 0.0305. The molecule has 0 bridgehead atoms. The summed E-state index contributed by atoms with van der Waals surface area (Å²) in [4.78, 5) is 27.6. The molecule has 1 aliphatic rings. The smallest absolute Gasteiger partial charge is 0.296 e. The van der Waals surface area contributed by atoms with Crippen LogP contribution >= 0.6 is 0 Å². The number of carbonyl (C=O) groups is 2. The molecule has 34 heavy (non-hydrogen) atoms. The number of rotatable bonds is 9. The van der Waals surface area contributed by atoms with Crippen LogP contribution in [0.15, 0.2) is 76.9 Å². The molecule has 0 spiro atoms. The zero-order valence-electron chi connectivity index (χ0n) is 19.2. The summed E-state index contributed by atoms with van der Waals surface area (Å²) in [5.74, 6) is 0.210. The second-order valence-electron chi connectivity index (χ2n) is 7.88. The molecule has 4 rings (SSSR count). The normalized spacial score (nSPS) is 17.2. The number of hydrogen-bond donors (Lipinski definition) is 1. The van der Waals surface area contributed by atoms with E-state index in [0.717, 1.165) is 6.42 Å². The third-order valence-corrected chi connectivity index (χ3v) is 5.55. The zero-order valence-corrected chi connectivity index (χ0v) is 19.2. The number of Topliss-reactive ketones (excluding diaryl/α,β-unsaturated/α-hetero) is 1. The second kappa shape index (κ2) is 10.3. The predicted molar refractivity (Wildman–Crippen MR) is 126 cm³/mol. The highest BCUT2D eigenvalue weighted by molar-refractivity contribution is 6.46. The van der Waals surface area contributed by atoms with Crippen LogP contribution in [0.3, 0.4) is 0 Å². The van der Waals surface area contributed by atoms with Gasteiger partial charge >= 0.3 is 0 Å². The molecule has 0 saturated carbocycles. The molecular formula is C27H27NO6. The van der Waals surface area contributed by atoms with Crippen LogP contribution in [0.1, 0.15) is 43.2 Å². The Morgan fingerprint density at radius 3 is 2.26 bits per heavy atom. The lowest BCUT2D eigenvalue weighted by atomic mass is 9.95. The minimum atomic E-state index is -0.781. The standard InChI is InChI=1S/C27H27NO6/c1-3-15-33-21-11-7-18(8-12-21)24-23(25(29)19-9-13-20(14-10-19)32-4-2)26(30)27(31)28(24)17-22-6-5-16-34-22/h5-14,16,24,29H,3-4,15,17H2,1-2H3. The molecular weight excluding hydrogens is 434 g/mol. The largest absolute Gasteiger partial charge is 0.507 e. The molecule has 1 fully saturated rings. The highest BCUT2D eigenvalue weighted by Gasteiger charge is 2.46. The molecule has 1 amide bonds. The molecule has 1 atom stereocenters. The van der Waals surface area contributed by atoms with Crippen LogP contribution in [0.5, 0.6) is 11.5 Å². The second-order valence-corrected chi connectivity index (χ2v) is 7.88. The molecule has 1 unspecified atom stereocenters. The lowest BCUT2D eigenvalue weighted by Gasteiger charge is -2.24. The Bertz CT molecular complexity index is 1160. The molecule has 7 nitrogen and oxygen atoms in total. The summed E-state index contributed by atoms with van der Waals surface area (Å²) in [6.07, 6.45) is 2.40. The predicted octanol–water partition coefficient (Wildman–Crippen LogP) is 5.09. The SMILES string of the molecule is CCCOc1ccc(C2C(=C(O)c3ccc(OCC)cc3)C(=O)C(=O)N2Cc2ccco2)cc1. The van der Waals surface area contributed by atoms with E-state index in [1.165, 1.54) is 11.2 Å². The summed E-state index contributed by atoms with van der Waals surface area (Å²) < 4.78 is 16.6. The van der Waals surface area contributed by atoms with Crippen molar-refractivity contribution in [2.75, 3.05) is 13.2 Å². The van der Waals surface area contributed by atoms with Crippen molar-refractivity contribution in [3.05, 3.63) is 89.4 Å². The van der Waals surface area contributed by atoms with Crippen molar-refractivity contribution in [2.24, 2.45) is 0 Å². The molecule has 0 aliphatic carbocycles. The summed E-state index contributed by atoms with van der Waals surface area (Å²) >= 11 is 0. The number of nitrogens with zero attached hydrogens (tertiary/aromatic N) is 1. The highest BCUT2D eigenvalue weighted by atomic mass is 16.5. The van der Waals surface area contributed by atoms with Gasteiger partial charge in [-0.25, -0.2) is 0 Å². The monoisotopic (exact) mass is 461 g/mol. The van der Waals surface area contributed by atoms with E-state index in [-0.39, 0.29) is 17.9 Å². The number of benzene rings is 2. The van der Waals surface area contributed by atoms with E-state index in [9.17, 15) is 14.7 Å². The van der Waals surface area contributed by atoms with Crippen molar-refractivity contribution in [2.45, 2.75) is 32.9 Å². The van der Waals surface area contributed by atoms with Crippen LogP contribution < -0.4 is 9.47 Å². The fraction of sp³-hybridized carbons (Fsp3) is 0.259. The summed E-state index contributed by atoms with van der Waals surface area (Å²) in [6, 6.07) is 16.7. The van der Waals surface area contributed by atoms with Gasteiger partial charge in [0, 0.05) is 5.56 Å². The maximum Gasteiger partial charge on any atom is 0.296 e. The Balaban J connectivity index is 1.76. The third kappa shape index (κ3) is 4.69. The van der Waals surface area contributed by atoms with Gasteiger partial charge in [0.15, 0.2) is 0 Å². The van der Waals surface area contributed by atoms with Crippen LogP contribution in [0.4, 0.5) is 0 Å². The van der Waals surface area contributed by atoms with Crippen molar-refractivity contribution < 1.29 is 28.6 Å². The van der Waals surface area contributed by atoms with E-state index in [0.29, 0.717) is 41.6 Å². The maximum atomic E-state index is 13.1. The van der Waals surface area contributed by atoms with Crippen LogP contribution in [0.2, 0.25) is 0 Å². The molecule has 1 saturated heterocycles. The number of likely N-dealkylation sites (tertiary alicyclic amines) is 1. The minimum Gasteiger partial charge on any atom is -0.507 e. The lowest BCUT2D eigenvalue weighted by molar-refractivity contribution is -0.140. The fourth-order valence-electron chi connectivity index (χ4n) is 3.96. The van der Waals surface area contributed by atoms with E-state index in [4.69, 9.17) is 13.9 Å². The van der Waals surface area contributed by atoms with E-state index in [1.54, 1.807) is 48.5 Å². The van der Waals surface area contributed by atoms with E-state index in [2.05, 4.69) is 0 Å². The molecule has 2 heterocycles. The first kappa shape index (κ1) is 23.2. The number of aliphatic hydroxyl groups is 1. The van der Waals surface area contributed by atoms with Crippen molar-refractivity contribution in [1.29, 1.82) is 0 Å². The van der Waals surface area contributed by atoms with Gasteiger partial charge in [-0.1, -0.05) is 19.1 Å². The van der Waals surface area contributed by atoms with Crippen molar-refractivity contribution in [3.63, 3.8) is 0 Å². The van der Waals surface area contributed by atoms with Crippen LogP contribution in [-0.2, 0) is 16.1 Å². The van der Waals surface area contributed by atoms with Crippen LogP contribution in [0, 0.1) is 0 Å². The zero-order chi connectivity index (χ0) is 24.1. The molecule has 1 aliphatic heterocycles. The lowest BCUT2D eigenvalue weighted by Crippen LogP contribution is -2.29. The van der Waals surface area contributed by atoms with Gasteiger partial charge in [0.2, 0.25) is 0 Å². The van der Waals surface area contributed by atoms with Gasteiger partial charge in [-0.2, -0.15) is 0 Å². The molecule has 176 valence electrons. The van der Waals surface area contributed by atoms with Crippen molar-refractivity contribution in [1.82, 2.24) is 4.90 Å². The van der Waals surface area contributed by atoms with Gasteiger partial charge in [0.25, 0.3) is 11.7 Å². The quantitative estimate of drug-likeness (QED) is 0.271. The Labute approximate surface area is 198 Å². The molecule has 3 aromatic rings. The summed E-state index contributed by atoms with van der Waals surface area (Å²) in [5, 5.41) is 11.2. The van der Waals surface area contributed by atoms with Crippen LogP contribution in [-0.4, -0.2) is 34.9 Å². The Hall–Kier alpha value is -4.00. The van der Waals surface area contributed by atoms with Crippen LogP contribution in [0.25, 0.3) is 5.76 Å². The Kier molecular flexibility index (Phi) is 7.01. The fourth-order valence-corrected chi connectivity index (χ4v) is 3.96. The number of aliphatic hydroxyl groups excluding tert-OH is 1. The molecule has 0 radical (unpaired) electrons. The molecule has 2 aromatic carbocycles. The van der Waals surface area contributed by atoms with Crippen molar-refractivity contribution in [3.8, 4) is 11.5 Å². The number of furan rings is 1. The van der Waals surface area contributed by atoms with Gasteiger partial charge < -0.3 is 23.9 Å². The summed E-state index contributed by atoms with van der Waals surface area (Å²) in [6.45, 7) is 5.11. The number of carbonyl (C=O) groups excluding carboxylic acids is 2. The molecule has 1 N–H and O–H groups in total. The first-order valence-electron chi connectivity index (χ1n) is 11.3. The molecule has 7 heteroatoms. The molecule has 1 aromatic heterocycles. The number of amides is 1. The van der Waals surface area contributed by atoms with E-state index in [1.807, 2.05) is 26.0 Å². The highest BCUT2D eigenvalue weighted by Crippen LogP contribution is 2.40. The van der Waals surface area contributed by atoms with Gasteiger partial charge in [0.1, 0.15) is 23.0 Å². The van der Waals surface area contributed by atoms with Crippen molar-refractivity contribution >= 4 is 17.4 Å². The average molecular weight is 462 g/mol. The average Bonchev–Trinajstić information content (AvgIpc) is 3.46. The number of ether oxygens (including phenoxy) is 2. The Morgan fingerprint density at radius 2 is 1.65 bits per heavy atom. The first-order chi connectivity index (χ1) is 16.5. The van der Waals surface area contributed by atoms with E-state index >= 15 is 0 Å². The number of ketones is 1. The third-order valence-electron chi connectivity index (χ3n) is 5.55. The number of hydrogen-bond acceptors (Lipinski definition) is 6. The van der Waals surface area contributed by atoms with Gasteiger partial charge in [0.05, 0.1) is 37.6 Å². The maximum absolute atomic E-state index is 13.1. The van der Waals surface area contributed by atoms with Gasteiger partial charge in [-0.15, -0.1) is 0 Å². The van der Waals surface area contributed by atoms with E-state index < -0.39 is 17.7 Å². The summed E-state index contributed by atoms with van der Waals surface area (Å²) in [7, 11) is 0. The Morgan fingerprint density at radius 1 is 0.971 bits per heavy atom. The van der Waals surface area contributed by atoms with Gasteiger partial charge in [-0.05, 0) is 67.4 Å².